The normalized spacial score (nSPS) is 6.30. The molecule has 0 atom stereocenters. The molecule has 0 aliphatic rings. The minimum Gasteiger partial charge on any atom is -0.677 e. The van der Waals surface area contributed by atoms with Crippen LogP contribution in [0.4, 0.5) is 0 Å². The van der Waals surface area contributed by atoms with Crippen molar-refractivity contribution in [1.29, 1.82) is 0 Å². The van der Waals surface area contributed by atoms with E-state index >= 15 is 0 Å². The van der Waals surface area contributed by atoms with Crippen molar-refractivity contribution in [1.82, 2.24) is 0 Å². The number of carbonyl (C=O) groups is 1. The van der Waals surface area contributed by atoms with Crippen LogP contribution in [0.5, 0.6) is 0 Å². The van der Waals surface area contributed by atoms with E-state index in [1.807, 2.05) is 0 Å². The standard InChI is InChI=1S/C4H8NO.C2H3O.Ac/c1-4(6)2-3-5;1-2-3;/h5H,2-3H2,1H3;1H3;/q2*-1;. The fraction of sp³-hybridized carbons (Fsp3) is 0.667. The quantitative estimate of drug-likeness (QED) is 0.697. The van der Waals surface area contributed by atoms with Crippen molar-refractivity contribution in [3.05, 3.63) is 5.73 Å². The molecule has 0 aromatic heterocycles. The molecule has 0 saturated heterocycles. The number of ketones is 1. The molecule has 1 N–H and O–H groups in total. The third-order valence-electron chi connectivity index (χ3n) is 0.477. The van der Waals surface area contributed by atoms with E-state index < -0.39 is 0 Å². The second kappa shape index (κ2) is 16.4. The van der Waals surface area contributed by atoms with Crippen LogP contribution >= 0.6 is 0 Å². The number of carbonyl (C=O) groups excluding carboxylic acids is 2. The molecule has 4 heteroatoms. The molecule has 0 rings (SSSR count). The molecule has 1 radical (unpaired) electrons. The molecule has 0 heterocycles. The van der Waals surface area contributed by atoms with Crippen LogP contribution in [-0.4, -0.2) is 18.6 Å². The minimum atomic E-state index is 0. The zero-order valence-electron chi connectivity index (χ0n) is 6.31. The van der Waals surface area contributed by atoms with Crippen molar-refractivity contribution in [2.75, 3.05) is 6.54 Å². The van der Waals surface area contributed by atoms with Crippen LogP contribution in [0.1, 0.15) is 20.3 Å². The summed E-state index contributed by atoms with van der Waals surface area (Å²) in [4.78, 5) is 18.6. The first-order chi connectivity index (χ1) is 4.18. The van der Waals surface area contributed by atoms with E-state index in [-0.39, 0.29) is 56.4 Å². The van der Waals surface area contributed by atoms with Crippen molar-refractivity contribution in [2.24, 2.45) is 0 Å². The first-order valence-electron chi connectivity index (χ1n) is 2.62. The number of hydrogen-bond acceptors (Lipinski definition) is 2. The van der Waals surface area contributed by atoms with Crippen molar-refractivity contribution in [3.8, 4) is 0 Å². The predicted octanol–water partition coefficient (Wildman–Crippen LogP) is 1.13. The summed E-state index contributed by atoms with van der Waals surface area (Å²) in [5.74, 6) is 0.102. The second-order valence-electron chi connectivity index (χ2n) is 1.41. The van der Waals surface area contributed by atoms with Gasteiger partial charge in [-0.05, 0) is 13.3 Å². The SMILES string of the molecule is CC(=O)CC[NH-].C[C-]=O.[Ac]. The summed E-state index contributed by atoms with van der Waals surface area (Å²) in [5.41, 5.74) is 6.51. The first-order valence-corrected chi connectivity index (χ1v) is 2.62. The van der Waals surface area contributed by atoms with Gasteiger partial charge in [0.25, 0.3) is 0 Å². The van der Waals surface area contributed by atoms with Gasteiger partial charge in [-0.3, -0.25) is 6.29 Å². The third kappa shape index (κ3) is 37.4. The van der Waals surface area contributed by atoms with E-state index in [2.05, 4.69) is 0 Å². The molecule has 0 fully saturated rings. The molecule has 0 spiro atoms. The zero-order valence-corrected chi connectivity index (χ0v) is 11.1. The Balaban J connectivity index is -0.000000107. The Labute approximate surface area is 97.3 Å². The number of nitrogens with one attached hydrogen (secondary N) is 1. The topological polar surface area (TPSA) is 57.9 Å². The summed E-state index contributed by atoms with van der Waals surface area (Å²) >= 11 is 0. The summed E-state index contributed by atoms with van der Waals surface area (Å²) < 4.78 is 0. The van der Waals surface area contributed by atoms with Gasteiger partial charge in [0, 0.05) is 44.1 Å². The summed E-state index contributed by atoms with van der Waals surface area (Å²) in [6, 6.07) is 0. The van der Waals surface area contributed by atoms with E-state index in [0.29, 0.717) is 6.42 Å². The maximum absolute atomic E-state index is 9.92. The van der Waals surface area contributed by atoms with Gasteiger partial charge in [-0.1, -0.05) is 0 Å². The molecule has 10 heavy (non-hydrogen) atoms. The van der Waals surface area contributed by atoms with E-state index in [4.69, 9.17) is 10.5 Å². The molecule has 0 aliphatic heterocycles. The Hall–Kier alpha value is 0.742. The van der Waals surface area contributed by atoms with Crippen LogP contribution in [-0.2, 0) is 9.59 Å². The molecule has 0 unspecified atom stereocenters. The second-order valence-corrected chi connectivity index (χ2v) is 1.41. The summed E-state index contributed by atoms with van der Waals surface area (Å²) in [5, 5.41) is 0. The Bertz CT molecular complexity index is 85.8. The van der Waals surface area contributed by atoms with Crippen LogP contribution < -0.4 is 0 Å². The van der Waals surface area contributed by atoms with Crippen LogP contribution in [0, 0.1) is 44.1 Å². The molecule has 57 valence electrons. The Morgan fingerprint density at radius 3 is 1.90 bits per heavy atom. The predicted molar refractivity (Wildman–Crippen MR) is 35.9 cm³/mol. The van der Waals surface area contributed by atoms with Crippen LogP contribution in [0.15, 0.2) is 0 Å². The van der Waals surface area contributed by atoms with Gasteiger partial charge in [0.1, 0.15) is 5.78 Å². The third-order valence-corrected chi connectivity index (χ3v) is 0.477. The Morgan fingerprint density at radius 1 is 1.60 bits per heavy atom. The van der Waals surface area contributed by atoms with E-state index in [1.165, 1.54) is 20.1 Å². The van der Waals surface area contributed by atoms with Crippen LogP contribution in [0.3, 0.4) is 0 Å². The number of hydrogen-bond donors (Lipinski definition) is 0. The average molecular weight is 356 g/mol. The molecule has 0 saturated carbocycles. The smallest absolute Gasteiger partial charge is 0.128 e. The minimum absolute atomic E-state index is 0. The number of rotatable bonds is 2. The number of Topliss-reactive ketones (excluding diaryl/α,β-unsaturated/α-hetero) is 1. The van der Waals surface area contributed by atoms with Gasteiger partial charge in [0.2, 0.25) is 0 Å². The molecule has 0 aliphatic carbocycles. The van der Waals surface area contributed by atoms with E-state index in [0.717, 1.165) is 0 Å². The van der Waals surface area contributed by atoms with Gasteiger partial charge in [0.05, 0.1) is 0 Å². The molecule has 0 bridgehead atoms. The summed E-state index contributed by atoms with van der Waals surface area (Å²) in [7, 11) is 0. The first kappa shape index (κ1) is 17.0. The van der Waals surface area contributed by atoms with E-state index in [1.54, 1.807) is 0 Å². The van der Waals surface area contributed by atoms with Crippen molar-refractivity contribution in [2.45, 2.75) is 20.3 Å². The Kier molecular flexibility index (Phi) is 27.9. The fourth-order valence-corrected chi connectivity index (χ4v) is 0.176. The van der Waals surface area contributed by atoms with Crippen LogP contribution in [0.25, 0.3) is 5.73 Å². The Morgan fingerprint density at radius 2 is 1.90 bits per heavy atom. The largest absolute Gasteiger partial charge is 0.677 e. The fourth-order valence-electron chi connectivity index (χ4n) is 0.176. The molecule has 3 nitrogen and oxygen atoms in total. The van der Waals surface area contributed by atoms with Crippen molar-refractivity contribution < 1.29 is 53.7 Å². The maximum atomic E-state index is 9.92. The molecule has 0 aromatic rings. The monoisotopic (exact) mass is 356 g/mol. The van der Waals surface area contributed by atoms with Gasteiger partial charge in [-0.2, -0.15) is 6.92 Å². The molecular formula is C6H11AcNO2-2. The van der Waals surface area contributed by atoms with Gasteiger partial charge in [-0.25, -0.2) is 0 Å². The maximum Gasteiger partial charge on any atom is 0.128 e. The molecular weight excluding hydrogens is 345 g/mol. The van der Waals surface area contributed by atoms with Gasteiger partial charge in [0.15, 0.2) is 0 Å². The van der Waals surface area contributed by atoms with Crippen LogP contribution in [0.2, 0.25) is 0 Å². The van der Waals surface area contributed by atoms with Crippen molar-refractivity contribution in [3.63, 3.8) is 0 Å². The zero-order chi connectivity index (χ0) is 7.70. The van der Waals surface area contributed by atoms with E-state index in [9.17, 15) is 4.79 Å². The van der Waals surface area contributed by atoms with Crippen molar-refractivity contribution >= 4 is 12.1 Å². The van der Waals surface area contributed by atoms with Gasteiger partial charge < -0.3 is 15.3 Å². The summed E-state index contributed by atoms with van der Waals surface area (Å²) in [6.07, 6.45) is 1.90. The average Bonchev–Trinajstić information content (AvgIpc) is 1.67. The molecule has 0 aromatic carbocycles. The summed E-state index contributed by atoms with van der Waals surface area (Å²) in [6.45, 7) is 3.05. The van der Waals surface area contributed by atoms with Gasteiger partial charge in [-0.15, -0.1) is 6.54 Å². The van der Waals surface area contributed by atoms with Gasteiger partial charge >= 0.3 is 0 Å². The molecule has 0 amide bonds.